The summed E-state index contributed by atoms with van der Waals surface area (Å²) in [6.07, 6.45) is -0.226. The van der Waals surface area contributed by atoms with Gasteiger partial charge in [0, 0.05) is 5.56 Å². The van der Waals surface area contributed by atoms with Crippen LogP contribution >= 0.6 is 0 Å². The van der Waals surface area contributed by atoms with Crippen molar-refractivity contribution in [1.82, 2.24) is 0 Å². The number of aromatic hydroxyl groups is 1. The molecule has 0 amide bonds. The number of hydrogen-bond donors (Lipinski definition) is 1. The number of phenols is 1. The number of aliphatic imine (C=N–C) groups is 1. The highest BCUT2D eigenvalue weighted by Gasteiger charge is 2.35. The van der Waals surface area contributed by atoms with E-state index in [1.54, 1.807) is 0 Å². The summed E-state index contributed by atoms with van der Waals surface area (Å²) in [5.74, 6) is 0.737. The molecule has 3 aromatic carbocycles. The monoisotopic (exact) mass is 371 g/mol. The van der Waals surface area contributed by atoms with Crippen LogP contribution < -0.4 is 0 Å². The Labute approximate surface area is 166 Å². The van der Waals surface area contributed by atoms with Crippen LogP contribution in [0.3, 0.4) is 0 Å². The van der Waals surface area contributed by atoms with Crippen molar-refractivity contribution in [2.45, 2.75) is 38.3 Å². The molecule has 0 aromatic heterocycles. The summed E-state index contributed by atoms with van der Waals surface area (Å²) >= 11 is 0. The van der Waals surface area contributed by atoms with Crippen molar-refractivity contribution < 1.29 is 9.84 Å². The predicted molar refractivity (Wildman–Crippen MR) is 113 cm³/mol. The van der Waals surface area contributed by atoms with Gasteiger partial charge in [-0.1, -0.05) is 93.6 Å². The first kappa shape index (κ1) is 18.3. The van der Waals surface area contributed by atoms with E-state index >= 15 is 0 Å². The first-order chi connectivity index (χ1) is 13.4. The summed E-state index contributed by atoms with van der Waals surface area (Å²) in [4.78, 5) is 4.90. The van der Waals surface area contributed by atoms with Crippen LogP contribution in [0.25, 0.3) is 0 Å². The van der Waals surface area contributed by atoms with E-state index in [4.69, 9.17) is 9.73 Å². The SMILES string of the molecule is CC(C)(C)c1cccc(C2=N[C@@H](c3ccccc3)[C@@H](c3ccccc3)O2)c1O. The summed E-state index contributed by atoms with van der Waals surface area (Å²) in [6.45, 7) is 6.26. The maximum absolute atomic E-state index is 10.9. The van der Waals surface area contributed by atoms with Crippen LogP contribution in [0.4, 0.5) is 0 Å². The average Bonchev–Trinajstić information content (AvgIpc) is 3.14. The smallest absolute Gasteiger partial charge is 0.221 e. The molecule has 1 heterocycles. The van der Waals surface area contributed by atoms with Crippen molar-refractivity contribution in [1.29, 1.82) is 0 Å². The molecular weight excluding hydrogens is 346 g/mol. The molecule has 0 unspecified atom stereocenters. The Bertz CT molecular complexity index is 988. The van der Waals surface area contributed by atoms with Crippen LogP contribution in [0.15, 0.2) is 83.9 Å². The number of phenolic OH excluding ortho intramolecular Hbond substituents is 1. The molecule has 0 bridgehead atoms. The first-order valence-corrected chi connectivity index (χ1v) is 9.62. The molecule has 28 heavy (non-hydrogen) atoms. The van der Waals surface area contributed by atoms with E-state index < -0.39 is 0 Å². The van der Waals surface area contributed by atoms with Crippen molar-refractivity contribution in [3.8, 4) is 5.75 Å². The summed E-state index contributed by atoms with van der Waals surface area (Å²) in [5.41, 5.74) is 3.53. The Hall–Kier alpha value is -3.07. The molecular formula is C25H25NO2. The van der Waals surface area contributed by atoms with Gasteiger partial charge in [0.1, 0.15) is 11.8 Å². The van der Waals surface area contributed by atoms with Gasteiger partial charge in [-0.2, -0.15) is 0 Å². The molecule has 4 rings (SSSR count). The van der Waals surface area contributed by atoms with E-state index in [0.29, 0.717) is 11.5 Å². The van der Waals surface area contributed by atoms with Crippen molar-refractivity contribution in [2.75, 3.05) is 0 Å². The van der Waals surface area contributed by atoms with E-state index in [1.807, 2.05) is 54.6 Å². The van der Waals surface area contributed by atoms with Gasteiger partial charge in [-0.25, -0.2) is 4.99 Å². The third kappa shape index (κ3) is 3.40. The number of nitrogens with zero attached hydrogens (tertiary/aromatic N) is 1. The second-order valence-electron chi connectivity index (χ2n) is 8.19. The van der Waals surface area contributed by atoms with E-state index in [0.717, 1.165) is 16.7 Å². The minimum absolute atomic E-state index is 0.156. The molecule has 0 spiro atoms. The van der Waals surface area contributed by atoms with Gasteiger partial charge in [-0.3, -0.25) is 0 Å². The zero-order chi connectivity index (χ0) is 19.7. The third-order valence-corrected chi connectivity index (χ3v) is 5.13. The number of benzene rings is 3. The van der Waals surface area contributed by atoms with E-state index in [1.165, 1.54) is 0 Å². The quantitative estimate of drug-likeness (QED) is 0.618. The number of hydrogen-bond acceptors (Lipinski definition) is 3. The molecule has 1 aliphatic heterocycles. The number of ether oxygens (including phenoxy) is 1. The second kappa shape index (κ2) is 7.16. The molecule has 0 saturated heterocycles. The fourth-order valence-corrected chi connectivity index (χ4v) is 3.66. The predicted octanol–water partition coefficient (Wildman–Crippen LogP) is 5.95. The Morgan fingerprint density at radius 1 is 0.786 bits per heavy atom. The topological polar surface area (TPSA) is 41.8 Å². The Balaban J connectivity index is 1.79. The molecule has 2 atom stereocenters. The molecule has 0 aliphatic carbocycles. The molecule has 0 saturated carbocycles. The Morgan fingerprint density at radius 2 is 1.39 bits per heavy atom. The molecule has 3 heteroatoms. The van der Waals surface area contributed by atoms with Gasteiger partial charge < -0.3 is 9.84 Å². The fraction of sp³-hybridized carbons (Fsp3) is 0.240. The van der Waals surface area contributed by atoms with Gasteiger partial charge in [0.15, 0.2) is 6.10 Å². The van der Waals surface area contributed by atoms with Gasteiger partial charge in [0.2, 0.25) is 5.90 Å². The fourth-order valence-electron chi connectivity index (χ4n) is 3.66. The van der Waals surface area contributed by atoms with Gasteiger partial charge in [0.05, 0.1) is 5.56 Å². The summed E-state index contributed by atoms with van der Waals surface area (Å²) < 4.78 is 6.34. The highest BCUT2D eigenvalue weighted by molar-refractivity contribution is 5.98. The standard InChI is InChI=1S/C25H25NO2/c1-25(2,3)20-16-10-15-19(22(20)27)24-26-21(17-11-6-4-7-12-17)23(28-24)18-13-8-5-9-14-18/h4-16,21,23,27H,1-3H3/t21-,23+/m0/s1. The van der Waals surface area contributed by atoms with Crippen molar-refractivity contribution in [3.05, 3.63) is 101 Å². The largest absolute Gasteiger partial charge is 0.507 e. The molecule has 1 aliphatic rings. The van der Waals surface area contributed by atoms with E-state index in [-0.39, 0.29) is 23.3 Å². The van der Waals surface area contributed by atoms with Gasteiger partial charge in [-0.05, 0) is 22.6 Å². The van der Waals surface area contributed by atoms with Gasteiger partial charge >= 0.3 is 0 Å². The highest BCUT2D eigenvalue weighted by atomic mass is 16.5. The molecule has 3 nitrogen and oxygen atoms in total. The Kier molecular flexibility index (Phi) is 4.68. The van der Waals surface area contributed by atoms with Crippen LogP contribution in [0.5, 0.6) is 5.75 Å². The van der Waals surface area contributed by atoms with Gasteiger partial charge in [0.25, 0.3) is 0 Å². The summed E-state index contributed by atoms with van der Waals surface area (Å²) in [7, 11) is 0. The minimum atomic E-state index is -0.226. The molecule has 0 fully saturated rings. The van der Waals surface area contributed by atoms with Crippen LogP contribution in [-0.4, -0.2) is 11.0 Å². The second-order valence-corrected chi connectivity index (χ2v) is 8.19. The average molecular weight is 371 g/mol. The zero-order valence-corrected chi connectivity index (χ0v) is 16.5. The first-order valence-electron chi connectivity index (χ1n) is 9.62. The number of para-hydroxylation sites is 1. The van der Waals surface area contributed by atoms with Crippen molar-refractivity contribution in [3.63, 3.8) is 0 Å². The highest BCUT2D eigenvalue weighted by Crippen LogP contribution is 2.43. The normalized spacial score (nSPS) is 19.2. The van der Waals surface area contributed by atoms with E-state index in [9.17, 15) is 5.11 Å². The zero-order valence-electron chi connectivity index (χ0n) is 16.5. The van der Waals surface area contributed by atoms with Crippen molar-refractivity contribution >= 4 is 5.90 Å². The molecule has 0 radical (unpaired) electrons. The maximum atomic E-state index is 10.9. The molecule has 142 valence electrons. The molecule has 3 aromatic rings. The lowest BCUT2D eigenvalue weighted by Gasteiger charge is -2.22. The minimum Gasteiger partial charge on any atom is -0.507 e. The lowest BCUT2D eigenvalue weighted by atomic mass is 9.85. The van der Waals surface area contributed by atoms with E-state index in [2.05, 4.69) is 45.0 Å². The van der Waals surface area contributed by atoms with Crippen LogP contribution in [0.1, 0.15) is 55.2 Å². The Morgan fingerprint density at radius 3 is 2.00 bits per heavy atom. The lowest BCUT2D eigenvalue weighted by molar-refractivity contribution is 0.196. The lowest BCUT2D eigenvalue weighted by Crippen LogP contribution is -2.14. The van der Waals surface area contributed by atoms with Crippen LogP contribution in [-0.2, 0) is 10.2 Å². The van der Waals surface area contributed by atoms with Gasteiger partial charge in [-0.15, -0.1) is 0 Å². The number of rotatable bonds is 3. The molecule has 1 N–H and O–H groups in total. The van der Waals surface area contributed by atoms with Crippen molar-refractivity contribution in [2.24, 2.45) is 4.99 Å². The summed E-state index contributed by atoms with van der Waals surface area (Å²) in [6, 6.07) is 25.9. The summed E-state index contributed by atoms with van der Waals surface area (Å²) in [5, 5.41) is 10.9. The van der Waals surface area contributed by atoms with Crippen LogP contribution in [0, 0.1) is 0 Å². The van der Waals surface area contributed by atoms with Crippen LogP contribution in [0.2, 0.25) is 0 Å². The third-order valence-electron chi connectivity index (χ3n) is 5.13. The maximum Gasteiger partial charge on any atom is 0.221 e.